The van der Waals surface area contributed by atoms with E-state index in [0.29, 0.717) is 6.07 Å². The van der Waals surface area contributed by atoms with Gasteiger partial charge in [-0.1, -0.05) is 6.07 Å². The van der Waals surface area contributed by atoms with Gasteiger partial charge in [0.15, 0.2) is 5.78 Å². The van der Waals surface area contributed by atoms with Gasteiger partial charge in [0.1, 0.15) is 17.9 Å². The summed E-state index contributed by atoms with van der Waals surface area (Å²) in [6, 6.07) is 5.41. The van der Waals surface area contributed by atoms with Crippen molar-refractivity contribution in [2.45, 2.75) is 6.42 Å². The van der Waals surface area contributed by atoms with Crippen LogP contribution in [0, 0.1) is 11.6 Å². The summed E-state index contributed by atoms with van der Waals surface area (Å²) in [5.74, 6) is -1.89. The molecule has 2 aromatic rings. The minimum atomic E-state index is -0.777. The third-order valence-electron chi connectivity index (χ3n) is 2.39. The molecule has 0 aliphatic rings. The maximum Gasteiger partial charge on any atom is 0.335 e. The summed E-state index contributed by atoms with van der Waals surface area (Å²) in [7, 11) is 0. The van der Waals surface area contributed by atoms with Crippen LogP contribution in [0.25, 0.3) is 0 Å². The zero-order valence-electron chi connectivity index (χ0n) is 9.86. The monoisotopic (exact) mass is 314 g/mol. The van der Waals surface area contributed by atoms with E-state index in [1.165, 1.54) is 12.1 Å². The van der Waals surface area contributed by atoms with Crippen LogP contribution < -0.4 is 5.63 Å². The molecule has 1 heterocycles. The van der Waals surface area contributed by atoms with E-state index in [4.69, 9.17) is 0 Å². The molecule has 0 unspecified atom stereocenters. The molecule has 6 heteroatoms. The summed E-state index contributed by atoms with van der Waals surface area (Å²) in [4.78, 5) is 22.5. The van der Waals surface area contributed by atoms with Crippen LogP contribution in [0.4, 0.5) is 8.78 Å². The van der Waals surface area contributed by atoms with Crippen LogP contribution in [0.3, 0.4) is 0 Å². The topological polar surface area (TPSA) is 47.3 Å². The molecule has 0 spiro atoms. The first kappa shape index (κ1) is 15.4. The fraction of sp³-hybridized carbons (Fsp3) is 0.0769. The summed E-state index contributed by atoms with van der Waals surface area (Å²) in [6.07, 6.45) is 0.798. The van der Waals surface area contributed by atoms with Gasteiger partial charge in [0, 0.05) is 38.0 Å². The molecular formula is C13H8F2O3Zn. The van der Waals surface area contributed by atoms with E-state index in [2.05, 4.69) is 4.42 Å². The molecule has 0 bridgehead atoms. The molecule has 2 rings (SSSR count). The molecule has 19 heavy (non-hydrogen) atoms. The fourth-order valence-electron chi connectivity index (χ4n) is 1.46. The van der Waals surface area contributed by atoms with Gasteiger partial charge in [-0.3, -0.25) is 4.79 Å². The Hall–Kier alpha value is -1.68. The number of rotatable bonds is 3. The van der Waals surface area contributed by atoms with Crippen molar-refractivity contribution in [1.82, 2.24) is 0 Å². The molecule has 0 atom stereocenters. The minimum Gasteiger partial charge on any atom is -0.431 e. The van der Waals surface area contributed by atoms with E-state index >= 15 is 0 Å². The average Bonchev–Trinajstić information content (AvgIpc) is 2.33. The number of carbonyl (C=O) groups excluding carboxylic acids is 1. The van der Waals surface area contributed by atoms with Crippen molar-refractivity contribution >= 4 is 5.78 Å². The number of hydrogen-bond acceptors (Lipinski definition) is 3. The van der Waals surface area contributed by atoms with Crippen LogP contribution in [-0.2, 0) is 25.9 Å². The van der Waals surface area contributed by atoms with E-state index in [1.54, 1.807) is 0 Å². The molecule has 1 aromatic carbocycles. The molecule has 0 N–H and O–H groups in total. The number of ketones is 1. The molecule has 94 valence electrons. The van der Waals surface area contributed by atoms with Crippen LogP contribution in [0.1, 0.15) is 15.9 Å². The van der Waals surface area contributed by atoms with Gasteiger partial charge < -0.3 is 4.42 Å². The van der Waals surface area contributed by atoms with Crippen molar-refractivity contribution in [2.75, 3.05) is 0 Å². The second kappa shape index (κ2) is 6.48. The number of Topliss-reactive ketones (excluding diaryl/α,β-unsaturated/α-hetero) is 1. The van der Waals surface area contributed by atoms with Gasteiger partial charge in [0.25, 0.3) is 0 Å². The van der Waals surface area contributed by atoms with Gasteiger partial charge in [-0.15, -0.1) is 0 Å². The smallest absolute Gasteiger partial charge is 0.335 e. The summed E-state index contributed by atoms with van der Waals surface area (Å²) in [5.41, 5.74) is -0.314. The molecule has 0 aliphatic carbocycles. The Labute approximate surface area is 120 Å². The molecule has 0 fully saturated rings. The minimum absolute atomic E-state index is 0. The van der Waals surface area contributed by atoms with Crippen molar-refractivity contribution < 1.29 is 37.5 Å². The van der Waals surface area contributed by atoms with Gasteiger partial charge in [-0.05, 0) is 17.7 Å². The quantitative estimate of drug-likeness (QED) is 0.645. The van der Waals surface area contributed by atoms with Crippen LogP contribution >= 0.6 is 0 Å². The third-order valence-corrected chi connectivity index (χ3v) is 2.39. The molecule has 1 aromatic heterocycles. The second-order valence-electron chi connectivity index (χ2n) is 3.68. The molecule has 0 amide bonds. The van der Waals surface area contributed by atoms with Crippen molar-refractivity contribution in [2.24, 2.45) is 0 Å². The van der Waals surface area contributed by atoms with E-state index in [0.717, 1.165) is 18.4 Å². The second-order valence-corrected chi connectivity index (χ2v) is 3.68. The zero-order chi connectivity index (χ0) is 13.1. The summed E-state index contributed by atoms with van der Waals surface area (Å²) in [5, 5.41) is 0. The molecule has 0 aliphatic heterocycles. The normalized spacial score (nSPS) is 9.79. The van der Waals surface area contributed by atoms with Crippen LogP contribution in [0.5, 0.6) is 0 Å². The first-order chi connectivity index (χ1) is 8.56. The van der Waals surface area contributed by atoms with Gasteiger partial charge in [-0.2, -0.15) is 0 Å². The van der Waals surface area contributed by atoms with E-state index in [9.17, 15) is 18.4 Å². The van der Waals surface area contributed by atoms with Crippen LogP contribution in [-0.4, -0.2) is 5.78 Å². The maximum absolute atomic E-state index is 13.3. The van der Waals surface area contributed by atoms with Gasteiger partial charge in [0.05, 0.1) is 5.56 Å². The Morgan fingerprint density at radius 3 is 2.47 bits per heavy atom. The van der Waals surface area contributed by atoms with Gasteiger partial charge in [-0.25, -0.2) is 13.6 Å². The Morgan fingerprint density at radius 2 is 1.89 bits per heavy atom. The molecule has 0 saturated carbocycles. The average molecular weight is 316 g/mol. The summed E-state index contributed by atoms with van der Waals surface area (Å²) < 4.78 is 30.5. The number of carbonyl (C=O) groups is 1. The molecular weight excluding hydrogens is 308 g/mol. The number of hydrogen-bond donors (Lipinski definition) is 0. The Morgan fingerprint density at radius 1 is 1.16 bits per heavy atom. The van der Waals surface area contributed by atoms with Crippen LogP contribution in [0.15, 0.2) is 45.8 Å². The van der Waals surface area contributed by atoms with Crippen molar-refractivity contribution in [3.05, 3.63) is 69.8 Å². The van der Waals surface area contributed by atoms with E-state index in [1.807, 2.05) is 0 Å². The van der Waals surface area contributed by atoms with Gasteiger partial charge in [0.2, 0.25) is 0 Å². The van der Waals surface area contributed by atoms with Crippen molar-refractivity contribution in [3.63, 3.8) is 0 Å². The predicted molar refractivity (Wildman–Crippen MR) is 59.4 cm³/mol. The Balaban J connectivity index is 0.00000180. The molecule has 3 nitrogen and oxygen atoms in total. The first-order valence-electron chi connectivity index (χ1n) is 5.12. The first-order valence-corrected chi connectivity index (χ1v) is 5.12. The molecule has 0 saturated heterocycles. The number of benzene rings is 1. The third kappa shape index (κ3) is 3.89. The van der Waals surface area contributed by atoms with Crippen molar-refractivity contribution in [1.29, 1.82) is 0 Å². The standard InChI is InChI=1S/C13H8F2O3.Zn/c14-10-3-1-8(11(15)6-10)5-12(16)9-2-4-13(17)18-7-9;/h1-4,6-7H,5H2;. The summed E-state index contributed by atoms with van der Waals surface area (Å²) in [6.45, 7) is 0. The fourth-order valence-corrected chi connectivity index (χ4v) is 1.46. The number of halogens is 2. The van der Waals surface area contributed by atoms with E-state index < -0.39 is 23.0 Å². The zero-order valence-corrected chi connectivity index (χ0v) is 12.8. The van der Waals surface area contributed by atoms with Gasteiger partial charge >= 0.3 is 5.63 Å². The SMILES string of the molecule is O=C(Cc1ccc(F)cc1F)c1ccc(=O)oc1.[Zn]. The van der Waals surface area contributed by atoms with Crippen molar-refractivity contribution in [3.8, 4) is 0 Å². The summed E-state index contributed by atoms with van der Waals surface area (Å²) >= 11 is 0. The van der Waals surface area contributed by atoms with Crippen LogP contribution in [0.2, 0.25) is 0 Å². The maximum atomic E-state index is 13.3. The largest absolute Gasteiger partial charge is 0.431 e. The van der Waals surface area contributed by atoms with E-state index in [-0.39, 0.29) is 37.0 Å². The molecule has 0 radical (unpaired) electrons. The predicted octanol–water partition coefficient (Wildman–Crippen LogP) is 2.34. The Bertz CT molecular complexity index is 632. The Kier molecular flexibility index (Phi) is 5.24.